The highest BCUT2D eigenvalue weighted by molar-refractivity contribution is 6.01. The number of carbonyl (C=O) groups is 3. The van der Waals surface area contributed by atoms with Gasteiger partial charge in [-0.1, -0.05) is 6.07 Å². The number of Topliss-reactive ketones (excluding diaryl/α,β-unsaturated/α-hetero) is 1. The molecule has 1 spiro atoms. The first-order valence-corrected chi connectivity index (χ1v) is 11.4. The molecule has 0 saturated carbocycles. The molecule has 0 radical (unpaired) electrons. The number of likely N-dealkylation sites (tertiary alicyclic amines) is 1. The van der Waals surface area contributed by atoms with Crippen LogP contribution in [0.5, 0.6) is 5.75 Å². The largest absolute Gasteiger partial charge is 0.490 e. The number of ether oxygens (including phenoxy) is 1. The van der Waals surface area contributed by atoms with Gasteiger partial charge in [0.1, 0.15) is 11.4 Å². The molecule has 36 heavy (non-hydrogen) atoms. The molecule has 10 heteroatoms. The van der Waals surface area contributed by atoms with Crippen LogP contribution in [0.2, 0.25) is 0 Å². The number of fused-ring (bicyclic) bond motifs is 2. The molecule has 3 aromatic rings. The van der Waals surface area contributed by atoms with E-state index in [1.165, 1.54) is 0 Å². The lowest BCUT2D eigenvalue weighted by Crippen LogP contribution is -2.52. The van der Waals surface area contributed by atoms with E-state index < -0.39 is 17.7 Å². The monoisotopic (exact) mass is 502 g/mol. The second kappa shape index (κ2) is 9.33. The van der Waals surface area contributed by atoms with Gasteiger partial charge in [0.15, 0.2) is 5.78 Å². The summed E-state index contributed by atoms with van der Waals surface area (Å²) in [7, 11) is 0. The van der Waals surface area contributed by atoms with Gasteiger partial charge in [-0.2, -0.15) is 13.2 Å². The van der Waals surface area contributed by atoms with E-state index in [4.69, 9.17) is 14.6 Å². The third-order valence-corrected chi connectivity index (χ3v) is 6.71. The number of H-pyrrole nitrogens is 1. The summed E-state index contributed by atoms with van der Waals surface area (Å²) in [6.07, 6.45) is -1.48. The fourth-order valence-electron chi connectivity index (χ4n) is 4.51. The van der Waals surface area contributed by atoms with Gasteiger partial charge in [0.2, 0.25) is 0 Å². The van der Waals surface area contributed by atoms with E-state index in [9.17, 15) is 22.8 Å². The molecule has 3 heterocycles. The second-order valence-electron chi connectivity index (χ2n) is 9.19. The number of rotatable bonds is 1. The van der Waals surface area contributed by atoms with Gasteiger partial charge in [-0.05, 0) is 60.7 Å². The summed E-state index contributed by atoms with van der Waals surface area (Å²) in [5.41, 5.74) is 4.08. The van der Waals surface area contributed by atoms with E-state index in [1.54, 1.807) is 0 Å². The van der Waals surface area contributed by atoms with E-state index in [2.05, 4.69) is 4.98 Å². The number of aliphatic carboxylic acids is 1. The van der Waals surface area contributed by atoms with Crippen LogP contribution in [0.3, 0.4) is 0 Å². The Balaban J connectivity index is 0.000000384. The van der Waals surface area contributed by atoms with Crippen molar-refractivity contribution >= 4 is 28.6 Å². The lowest BCUT2D eigenvalue weighted by Gasteiger charge is -2.44. The second-order valence-corrected chi connectivity index (χ2v) is 9.19. The molecule has 0 unspecified atom stereocenters. The Morgan fingerprint density at radius 2 is 1.69 bits per heavy atom. The van der Waals surface area contributed by atoms with Gasteiger partial charge in [-0.3, -0.25) is 9.59 Å². The van der Waals surface area contributed by atoms with Crippen molar-refractivity contribution < 1.29 is 37.4 Å². The SMILES string of the molecule is Cc1cc2c(cc1C)C(=O)CC1(CCN(C(=O)c3ccc4cc[nH]c4c3)CC1)O2.O=C(O)C(F)(F)F. The fourth-order valence-corrected chi connectivity index (χ4v) is 4.51. The van der Waals surface area contributed by atoms with Crippen molar-refractivity contribution in [2.24, 2.45) is 0 Å². The number of benzene rings is 2. The zero-order valence-corrected chi connectivity index (χ0v) is 19.7. The van der Waals surface area contributed by atoms with Crippen molar-refractivity contribution in [2.45, 2.75) is 44.9 Å². The molecule has 1 fully saturated rings. The average molecular weight is 502 g/mol. The third-order valence-electron chi connectivity index (χ3n) is 6.71. The number of alkyl halides is 3. The molecule has 2 aliphatic heterocycles. The Kier molecular flexibility index (Phi) is 6.55. The molecule has 2 aliphatic rings. The molecule has 0 bridgehead atoms. The predicted molar refractivity (Wildman–Crippen MR) is 125 cm³/mol. The quantitative estimate of drug-likeness (QED) is 0.485. The highest BCUT2D eigenvalue weighted by Crippen LogP contribution is 2.40. The number of aromatic nitrogens is 1. The zero-order chi connectivity index (χ0) is 26.3. The molecular formula is C26H25F3N2O5. The van der Waals surface area contributed by atoms with Gasteiger partial charge in [-0.25, -0.2) is 4.79 Å². The molecule has 2 N–H and O–H groups in total. The van der Waals surface area contributed by atoms with Crippen LogP contribution in [-0.4, -0.2) is 57.5 Å². The number of ketones is 1. The first kappa shape index (κ1) is 25.3. The molecule has 0 aliphatic carbocycles. The molecule has 2 aromatic carbocycles. The van der Waals surface area contributed by atoms with E-state index in [1.807, 2.05) is 61.3 Å². The average Bonchev–Trinajstić information content (AvgIpc) is 3.28. The number of nitrogens with one attached hydrogen (secondary N) is 1. The number of carboxylic acids is 1. The maximum atomic E-state index is 13.0. The maximum Gasteiger partial charge on any atom is 0.490 e. The standard InChI is InChI=1S/C24H24N2O3.C2HF3O2/c1-15-11-19-21(27)14-24(29-22(19)12-16(15)2)6-9-26(10-7-24)23(28)18-4-3-17-5-8-25-20(17)13-18;3-2(4,5)1(6)7/h3-5,8,11-13,25H,6-7,9-10,14H2,1-2H3;(H,6,7). The summed E-state index contributed by atoms with van der Waals surface area (Å²) in [5.74, 6) is -1.88. The number of carbonyl (C=O) groups excluding carboxylic acids is 2. The van der Waals surface area contributed by atoms with Crippen LogP contribution in [0.4, 0.5) is 13.2 Å². The van der Waals surface area contributed by atoms with Crippen LogP contribution < -0.4 is 4.74 Å². The summed E-state index contributed by atoms with van der Waals surface area (Å²) >= 11 is 0. The summed E-state index contributed by atoms with van der Waals surface area (Å²) in [4.78, 5) is 39.7. The van der Waals surface area contributed by atoms with Crippen LogP contribution in [0.15, 0.2) is 42.6 Å². The Morgan fingerprint density at radius 3 is 2.33 bits per heavy atom. The topological polar surface area (TPSA) is 99.7 Å². The molecule has 1 saturated heterocycles. The molecule has 7 nitrogen and oxygen atoms in total. The maximum absolute atomic E-state index is 13.0. The van der Waals surface area contributed by atoms with Crippen molar-refractivity contribution in [1.82, 2.24) is 9.88 Å². The Morgan fingerprint density at radius 1 is 1.06 bits per heavy atom. The predicted octanol–water partition coefficient (Wildman–Crippen LogP) is 5.06. The van der Waals surface area contributed by atoms with Gasteiger partial charge in [0, 0.05) is 43.2 Å². The van der Waals surface area contributed by atoms with Crippen LogP contribution in [0, 0.1) is 13.8 Å². The van der Waals surface area contributed by atoms with Crippen molar-refractivity contribution in [3.8, 4) is 5.75 Å². The summed E-state index contributed by atoms with van der Waals surface area (Å²) in [6, 6.07) is 11.7. The van der Waals surface area contributed by atoms with Crippen molar-refractivity contribution in [3.63, 3.8) is 0 Å². The van der Waals surface area contributed by atoms with E-state index >= 15 is 0 Å². The van der Waals surface area contributed by atoms with E-state index in [0.717, 1.165) is 22.0 Å². The van der Waals surface area contributed by atoms with Crippen LogP contribution in [0.1, 0.15) is 51.1 Å². The summed E-state index contributed by atoms with van der Waals surface area (Å²) in [6.45, 7) is 5.24. The van der Waals surface area contributed by atoms with Crippen LogP contribution in [0.25, 0.3) is 10.9 Å². The van der Waals surface area contributed by atoms with Gasteiger partial charge in [0.05, 0.1) is 12.0 Å². The molecule has 1 amide bonds. The summed E-state index contributed by atoms with van der Waals surface area (Å²) in [5, 5.41) is 8.22. The number of hydrogen-bond acceptors (Lipinski definition) is 4. The lowest BCUT2D eigenvalue weighted by molar-refractivity contribution is -0.192. The smallest absolute Gasteiger partial charge is 0.486 e. The Hall–Kier alpha value is -3.82. The fraction of sp³-hybridized carbons (Fsp3) is 0.346. The zero-order valence-electron chi connectivity index (χ0n) is 19.7. The number of nitrogens with zero attached hydrogens (tertiary/aromatic N) is 1. The molecule has 1 aromatic heterocycles. The molecule has 190 valence electrons. The highest BCUT2D eigenvalue weighted by Gasteiger charge is 2.44. The molecular weight excluding hydrogens is 477 g/mol. The van der Waals surface area contributed by atoms with E-state index in [-0.39, 0.29) is 11.7 Å². The Bertz CT molecular complexity index is 1340. The highest BCUT2D eigenvalue weighted by atomic mass is 19.4. The number of hydrogen-bond donors (Lipinski definition) is 2. The van der Waals surface area contributed by atoms with Crippen molar-refractivity contribution in [2.75, 3.05) is 13.1 Å². The number of piperidine rings is 1. The number of carboxylic acid groups (broad SMARTS) is 1. The van der Waals surface area contributed by atoms with Gasteiger partial charge in [0.25, 0.3) is 5.91 Å². The molecule has 5 rings (SSSR count). The minimum absolute atomic E-state index is 0.0327. The van der Waals surface area contributed by atoms with Gasteiger partial charge in [-0.15, -0.1) is 0 Å². The van der Waals surface area contributed by atoms with E-state index in [0.29, 0.717) is 49.2 Å². The van der Waals surface area contributed by atoms with Crippen molar-refractivity contribution in [3.05, 3.63) is 64.8 Å². The first-order chi connectivity index (χ1) is 16.9. The number of halogens is 3. The minimum atomic E-state index is -5.08. The lowest BCUT2D eigenvalue weighted by atomic mass is 9.81. The third kappa shape index (κ3) is 5.07. The van der Waals surface area contributed by atoms with Gasteiger partial charge >= 0.3 is 12.1 Å². The molecule has 0 atom stereocenters. The van der Waals surface area contributed by atoms with Crippen molar-refractivity contribution in [1.29, 1.82) is 0 Å². The number of aryl methyl sites for hydroxylation is 2. The summed E-state index contributed by atoms with van der Waals surface area (Å²) < 4.78 is 38.1. The Labute approximate surface area is 204 Å². The normalized spacial score (nSPS) is 16.7. The van der Waals surface area contributed by atoms with Crippen LogP contribution in [-0.2, 0) is 4.79 Å². The number of aromatic amines is 1. The van der Waals surface area contributed by atoms with Crippen LogP contribution >= 0.6 is 0 Å². The first-order valence-electron chi connectivity index (χ1n) is 11.4. The van der Waals surface area contributed by atoms with Gasteiger partial charge < -0.3 is 19.7 Å². The minimum Gasteiger partial charge on any atom is -0.486 e. The number of amides is 1.